The average molecular weight is 343 g/mol. The number of carbonyl (C=O) groups is 1. The fourth-order valence-corrected chi connectivity index (χ4v) is 4.20. The van der Waals surface area contributed by atoms with E-state index in [1.165, 1.54) is 7.11 Å². The van der Waals surface area contributed by atoms with Crippen LogP contribution in [0.5, 0.6) is 5.75 Å². The second kappa shape index (κ2) is 6.73. The van der Waals surface area contributed by atoms with E-state index in [4.69, 9.17) is 9.05 Å². The molecule has 3 rings (SSSR count). The molecule has 1 unspecified atom stereocenters. The van der Waals surface area contributed by atoms with Crippen LogP contribution in [0.25, 0.3) is 0 Å². The Kier molecular flexibility index (Phi) is 4.67. The number of nitrogens with one attached hydrogen (secondary N) is 1. The Hall–Kier alpha value is -2.20. The van der Waals surface area contributed by atoms with E-state index in [2.05, 4.69) is 5.32 Å². The third-order valence-corrected chi connectivity index (χ3v) is 5.84. The van der Waals surface area contributed by atoms with E-state index in [1.807, 2.05) is 30.3 Å². The first-order chi connectivity index (χ1) is 11.5. The van der Waals surface area contributed by atoms with Gasteiger partial charge in [0.25, 0.3) is 0 Å². The van der Waals surface area contributed by atoms with Crippen molar-refractivity contribution in [2.45, 2.75) is 13.5 Å². The highest BCUT2D eigenvalue weighted by Gasteiger charge is 2.48. The minimum absolute atomic E-state index is 0.0552. The van der Waals surface area contributed by atoms with Crippen LogP contribution in [0.2, 0.25) is 0 Å². The lowest BCUT2D eigenvalue weighted by Crippen LogP contribution is -2.31. The standard InChI is InChI=1S/C18H18NO4P/c1-13(19-12-14-8-4-3-5-9-14)18-17(20)15-10-6-7-11-16(15)23-24(18,21)22-2/h3-11,19H,12H2,1-2H3/b18-13-. The zero-order valence-electron chi connectivity index (χ0n) is 13.5. The van der Waals surface area contributed by atoms with E-state index < -0.39 is 7.94 Å². The molecule has 1 aliphatic heterocycles. The third kappa shape index (κ3) is 3.06. The summed E-state index contributed by atoms with van der Waals surface area (Å²) in [5.41, 5.74) is 1.93. The van der Waals surface area contributed by atoms with Gasteiger partial charge in [-0.2, -0.15) is 4.52 Å². The summed E-state index contributed by atoms with van der Waals surface area (Å²) in [4.78, 5) is 25.8. The molecule has 0 spiro atoms. The maximum atomic E-state index is 13.0. The number of Topliss-reactive ketones (excluding diaryl/α,β-unsaturated/α-hetero) is 1. The summed E-state index contributed by atoms with van der Waals surface area (Å²) in [6.07, 6.45) is 0. The molecule has 124 valence electrons. The van der Waals surface area contributed by atoms with Gasteiger partial charge in [-0.1, -0.05) is 42.5 Å². The molecule has 1 heterocycles. The summed E-state index contributed by atoms with van der Waals surface area (Å²) in [5, 5.41) is 3.20. The van der Waals surface area contributed by atoms with Crippen molar-refractivity contribution in [3.8, 4) is 5.75 Å². The minimum atomic E-state index is -3.70. The highest BCUT2D eigenvalue weighted by molar-refractivity contribution is 7.65. The van der Waals surface area contributed by atoms with Crippen molar-refractivity contribution in [2.24, 2.45) is 0 Å². The van der Waals surface area contributed by atoms with Gasteiger partial charge in [-0.05, 0) is 24.6 Å². The minimum Gasteiger partial charge on any atom is -0.620 e. The summed E-state index contributed by atoms with van der Waals surface area (Å²) >= 11 is 0. The second-order valence-electron chi connectivity index (χ2n) is 5.41. The van der Waals surface area contributed by atoms with Crippen LogP contribution in [-0.4, -0.2) is 12.9 Å². The van der Waals surface area contributed by atoms with Crippen LogP contribution in [-0.2, 0) is 11.1 Å². The Morgan fingerprint density at radius 3 is 2.54 bits per heavy atom. The highest BCUT2D eigenvalue weighted by Crippen LogP contribution is 2.63. The van der Waals surface area contributed by atoms with Crippen LogP contribution in [0.1, 0.15) is 22.8 Å². The predicted octanol–water partition coefficient (Wildman–Crippen LogP) is 3.05. The monoisotopic (exact) mass is 343 g/mol. The molecule has 2 aromatic carbocycles. The molecule has 0 fully saturated rings. The highest BCUT2D eigenvalue weighted by atomic mass is 31.2. The number of carbonyl (C=O) groups excluding carboxylic acids is 1. The summed E-state index contributed by atoms with van der Waals surface area (Å²) in [6.45, 7) is 2.22. The Bertz CT molecular complexity index is 791. The lowest BCUT2D eigenvalue weighted by atomic mass is 10.1. The number of hydrogen-bond acceptors (Lipinski definition) is 5. The maximum absolute atomic E-state index is 13.0. The van der Waals surface area contributed by atoms with E-state index >= 15 is 0 Å². The third-order valence-electron chi connectivity index (χ3n) is 3.84. The van der Waals surface area contributed by atoms with Crippen LogP contribution >= 0.6 is 7.94 Å². The first kappa shape index (κ1) is 16.7. The van der Waals surface area contributed by atoms with Gasteiger partial charge in [-0.3, -0.25) is 4.79 Å². The SMILES string of the molecule is CO[P+]1([O-])Oc2ccccc2C(=O)/C1=C(\C)NCc1ccccc1. The normalized spacial score (nSPS) is 21.7. The first-order valence-electron chi connectivity index (χ1n) is 7.53. The molecule has 5 nitrogen and oxygen atoms in total. The van der Waals surface area contributed by atoms with Crippen LogP contribution in [0, 0.1) is 0 Å². The van der Waals surface area contributed by atoms with Gasteiger partial charge in [0.2, 0.25) is 11.1 Å². The number of para-hydroxylation sites is 1. The molecule has 1 atom stereocenters. The van der Waals surface area contributed by atoms with Crippen molar-refractivity contribution < 1.29 is 18.7 Å². The Balaban J connectivity index is 1.95. The van der Waals surface area contributed by atoms with Gasteiger partial charge in [0, 0.05) is 6.54 Å². The van der Waals surface area contributed by atoms with Crippen LogP contribution < -0.4 is 14.7 Å². The molecular weight excluding hydrogens is 325 g/mol. The molecule has 0 aliphatic carbocycles. The molecular formula is C18H18NO4P. The Morgan fingerprint density at radius 1 is 1.17 bits per heavy atom. The first-order valence-corrected chi connectivity index (χ1v) is 9.08. The van der Waals surface area contributed by atoms with E-state index in [1.54, 1.807) is 31.2 Å². The number of allylic oxidation sites excluding steroid dienone is 2. The van der Waals surface area contributed by atoms with Gasteiger partial charge in [0.15, 0.2) is 5.75 Å². The number of benzene rings is 2. The number of hydrogen-bond donors (Lipinski definition) is 1. The van der Waals surface area contributed by atoms with E-state index in [-0.39, 0.29) is 16.8 Å². The molecule has 2 aromatic rings. The summed E-state index contributed by atoms with van der Waals surface area (Å²) in [5.74, 6) is -0.0487. The lowest BCUT2D eigenvalue weighted by molar-refractivity contribution is -0.205. The average Bonchev–Trinajstić information content (AvgIpc) is 2.61. The molecule has 0 aromatic heterocycles. The molecule has 0 bridgehead atoms. The largest absolute Gasteiger partial charge is 0.620 e. The molecule has 6 heteroatoms. The van der Waals surface area contributed by atoms with Gasteiger partial charge in [0.1, 0.15) is 0 Å². The number of fused-ring (bicyclic) bond motifs is 1. The quantitative estimate of drug-likeness (QED) is 0.682. The fourth-order valence-electron chi connectivity index (χ4n) is 2.58. The van der Waals surface area contributed by atoms with E-state index in [0.29, 0.717) is 17.8 Å². The van der Waals surface area contributed by atoms with Crippen molar-refractivity contribution in [1.82, 2.24) is 5.32 Å². The topological polar surface area (TPSA) is 70.6 Å². The zero-order chi connectivity index (χ0) is 17.2. The molecule has 1 N–H and O–H groups in total. The number of ketones is 1. The summed E-state index contributed by atoms with van der Waals surface area (Å²) in [7, 11) is -2.42. The Morgan fingerprint density at radius 2 is 1.83 bits per heavy atom. The molecule has 1 aliphatic rings. The van der Waals surface area contributed by atoms with Crippen LogP contribution in [0.4, 0.5) is 0 Å². The van der Waals surface area contributed by atoms with Crippen LogP contribution in [0.3, 0.4) is 0 Å². The van der Waals surface area contributed by atoms with Crippen molar-refractivity contribution in [3.05, 3.63) is 76.7 Å². The maximum Gasteiger partial charge on any atom is 0.323 e. The molecule has 0 radical (unpaired) electrons. The van der Waals surface area contributed by atoms with E-state index in [0.717, 1.165) is 5.56 Å². The molecule has 0 saturated carbocycles. The molecule has 24 heavy (non-hydrogen) atoms. The summed E-state index contributed by atoms with van der Waals surface area (Å²) < 4.78 is 10.6. The smallest absolute Gasteiger partial charge is 0.323 e. The Labute approximate surface area is 141 Å². The van der Waals surface area contributed by atoms with Crippen molar-refractivity contribution in [1.29, 1.82) is 0 Å². The van der Waals surface area contributed by atoms with Gasteiger partial charge in [0.05, 0.1) is 18.4 Å². The van der Waals surface area contributed by atoms with Crippen molar-refractivity contribution in [3.63, 3.8) is 0 Å². The molecule has 0 saturated heterocycles. The predicted molar refractivity (Wildman–Crippen MR) is 91.3 cm³/mol. The second-order valence-corrected chi connectivity index (χ2v) is 7.40. The van der Waals surface area contributed by atoms with Gasteiger partial charge in [-0.25, -0.2) is 0 Å². The van der Waals surface area contributed by atoms with Crippen molar-refractivity contribution in [2.75, 3.05) is 7.11 Å². The summed E-state index contributed by atoms with van der Waals surface area (Å²) in [6, 6.07) is 16.5. The number of rotatable bonds is 4. The van der Waals surface area contributed by atoms with E-state index in [9.17, 15) is 9.69 Å². The zero-order valence-corrected chi connectivity index (χ0v) is 14.4. The van der Waals surface area contributed by atoms with Gasteiger partial charge >= 0.3 is 7.94 Å². The molecule has 0 amide bonds. The van der Waals surface area contributed by atoms with Gasteiger partial charge < -0.3 is 14.7 Å². The van der Waals surface area contributed by atoms with Gasteiger partial charge in [-0.15, -0.1) is 0 Å². The fraction of sp³-hybridized carbons (Fsp3) is 0.167. The lowest BCUT2D eigenvalue weighted by Gasteiger charge is -2.32. The van der Waals surface area contributed by atoms with Crippen molar-refractivity contribution >= 4 is 13.7 Å². The van der Waals surface area contributed by atoms with Crippen LogP contribution in [0.15, 0.2) is 65.6 Å².